The average molecular weight is 276 g/mol. The van der Waals surface area contributed by atoms with Crippen molar-refractivity contribution in [1.82, 2.24) is 10.6 Å². The van der Waals surface area contributed by atoms with E-state index in [1.807, 2.05) is 30.3 Å². The van der Waals surface area contributed by atoms with Gasteiger partial charge in [-0.3, -0.25) is 4.79 Å². The van der Waals surface area contributed by atoms with Crippen molar-refractivity contribution in [3.63, 3.8) is 0 Å². The van der Waals surface area contributed by atoms with Crippen molar-refractivity contribution in [2.75, 3.05) is 26.3 Å². The molecule has 0 atom stereocenters. The fraction of sp³-hybridized carbons (Fsp3) is 0.562. The van der Waals surface area contributed by atoms with E-state index in [2.05, 4.69) is 10.6 Å². The molecular weight excluding hydrogens is 252 g/mol. The fourth-order valence-electron chi connectivity index (χ4n) is 1.89. The van der Waals surface area contributed by atoms with Crippen LogP contribution in [0.25, 0.3) is 0 Å². The predicted octanol–water partition coefficient (Wildman–Crippen LogP) is 1.71. The number of amides is 1. The van der Waals surface area contributed by atoms with Gasteiger partial charge >= 0.3 is 0 Å². The molecule has 1 fully saturated rings. The second-order valence-corrected chi connectivity index (χ2v) is 5.31. The van der Waals surface area contributed by atoms with Gasteiger partial charge in [-0.15, -0.1) is 0 Å². The first-order valence-corrected chi connectivity index (χ1v) is 7.43. The number of nitrogens with one attached hydrogen (secondary N) is 2. The molecule has 0 radical (unpaired) electrons. The maximum Gasteiger partial charge on any atom is 0.234 e. The van der Waals surface area contributed by atoms with Crippen molar-refractivity contribution >= 4 is 5.91 Å². The summed E-state index contributed by atoms with van der Waals surface area (Å²) in [5.41, 5.74) is 1.12. The van der Waals surface area contributed by atoms with Crippen LogP contribution in [0.2, 0.25) is 0 Å². The predicted molar refractivity (Wildman–Crippen MR) is 79.3 cm³/mol. The number of hydrogen-bond donors (Lipinski definition) is 2. The van der Waals surface area contributed by atoms with Crippen LogP contribution in [-0.4, -0.2) is 32.2 Å². The second-order valence-electron chi connectivity index (χ2n) is 5.31. The van der Waals surface area contributed by atoms with Gasteiger partial charge in [0.1, 0.15) is 0 Å². The Morgan fingerprint density at radius 2 is 2.05 bits per heavy atom. The van der Waals surface area contributed by atoms with Crippen LogP contribution < -0.4 is 10.6 Å². The van der Waals surface area contributed by atoms with Gasteiger partial charge in [-0.25, -0.2) is 0 Å². The van der Waals surface area contributed by atoms with Gasteiger partial charge in [0.15, 0.2) is 0 Å². The molecule has 1 aliphatic rings. The topological polar surface area (TPSA) is 50.4 Å². The monoisotopic (exact) mass is 276 g/mol. The Kier molecular flexibility index (Phi) is 6.54. The molecule has 0 heterocycles. The van der Waals surface area contributed by atoms with Gasteiger partial charge in [-0.2, -0.15) is 0 Å². The Bertz CT molecular complexity index is 391. The van der Waals surface area contributed by atoms with Gasteiger partial charge in [0.25, 0.3) is 0 Å². The number of rotatable bonds is 10. The van der Waals surface area contributed by atoms with Crippen molar-refractivity contribution < 1.29 is 9.53 Å². The van der Waals surface area contributed by atoms with E-state index in [1.165, 1.54) is 12.8 Å². The highest BCUT2D eigenvalue weighted by Crippen LogP contribution is 2.28. The van der Waals surface area contributed by atoms with E-state index in [9.17, 15) is 4.79 Å². The lowest BCUT2D eigenvalue weighted by atomic mass is 10.2. The maximum absolute atomic E-state index is 11.6. The molecule has 1 saturated carbocycles. The fourth-order valence-corrected chi connectivity index (χ4v) is 1.89. The largest absolute Gasteiger partial charge is 0.381 e. The molecule has 0 aliphatic heterocycles. The minimum Gasteiger partial charge on any atom is -0.381 e. The molecular formula is C16H24N2O2. The summed E-state index contributed by atoms with van der Waals surface area (Å²) in [6, 6.07) is 9.93. The molecule has 4 nitrogen and oxygen atoms in total. The SMILES string of the molecule is O=C(CNCCCOCC1CC1)NCc1ccccc1. The molecule has 2 rings (SSSR count). The minimum absolute atomic E-state index is 0.0350. The second kappa shape index (κ2) is 8.72. The molecule has 1 aromatic rings. The normalized spacial score (nSPS) is 14.2. The van der Waals surface area contributed by atoms with E-state index < -0.39 is 0 Å². The Morgan fingerprint density at radius 3 is 2.80 bits per heavy atom. The third-order valence-electron chi connectivity index (χ3n) is 3.31. The Hall–Kier alpha value is -1.39. The molecule has 20 heavy (non-hydrogen) atoms. The molecule has 0 aromatic heterocycles. The lowest BCUT2D eigenvalue weighted by Gasteiger charge is -2.07. The molecule has 1 amide bonds. The van der Waals surface area contributed by atoms with E-state index in [4.69, 9.17) is 4.74 Å². The molecule has 0 saturated heterocycles. The molecule has 1 aromatic carbocycles. The quantitative estimate of drug-likeness (QED) is 0.640. The number of benzene rings is 1. The van der Waals surface area contributed by atoms with Gasteiger partial charge < -0.3 is 15.4 Å². The first-order valence-electron chi connectivity index (χ1n) is 7.43. The highest BCUT2D eigenvalue weighted by Gasteiger charge is 2.20. The lowest BCUT2D eigenvalue weighted by molar-refractivity contribution is -0.120. The molecule has 2 N–H and O–H groups in total. The first kappa shape index (κ1) is 15.0. The molecule has 0 spiro atoms. The van der Waals surface area contributed by atoms with Crippen LogP contribution in [0.4, 0.5) is 0 Å². The minimum atomic E-state index is 0.0350. The van der Waals surface area contributed by atoms with E-state index in [0.29, 0.717) is 13.1 Å². The summed E-state index contributed by atoms with van der Waals surface area (Å²) >= 11 is 0. The third kappa shape index (κ3) is 6.68. The number of carbonyl (C=O) groups is 1. The van der Waals surface area contributed by atoms with E-state index in [1.54, 1.807) is 0 Å². The van der Waals surface area contributed by atoms with Crippen molar-refractivity contribution in [1.29, 1.82) is 0 Å². The maximum atomic E-state index is 11.6. The van der Waals surface area contributed by atoms with Crippen LogP contribution >= 0.6 is 0 Å². The lowest BCUT2D eigenvalue weighted by Crippen LogP contribution is -2.34. The van der Waals surface area contributed by atoms with Crippen LogP contribution in [0.15, 0.2) is 30.3 Å². The standard InChI is InChI=1S/C16H24N2O2/c19-16(18-11-14-5-2-1-3-6-14)12-17-9-4-10-20-13-15-7-8-15/h1-3,5-6,15,17H,4,7-13H2,(H,18,19). The first-order chi connectivity index (χ1) is 9.84. The van der Waals surface area contributed by atoms with Gasteiger partial charge in [0, 0.05) is 19.8 Å². The molecule has 4 heteroatoms. The molecule has 1 aliphatic carbocycles. The third-order valence-corrected chi connectivity index (χ3v) is 3.31. The zero-order valence-electron chi connectivity index (χ0n) is 11.9. The Labute approximate surface area is 120 Å². The summed E-state index contributed by atoms with van der Waals surface area (Å²) < 4.78 is 5.53. The van der Waals surface area contributed by atoms with Gasteiger partial charge in [0.2, 0.25) is 5.91 Å². The van der Waals surface area contributed by atoms with Crippen molar-refractivity contribution in [2.45, 2.75) is 25.8 Å². The van der Waals surface area contributed by atoms with E-state index >= 15 is 0 Å². The average Bonchev–Trinajstić information content (AvgIpc) is 3.29. The summed E-state index contributed by atoms with van der Waals surface area (Å²) in [4.78, 5) is 11.6. The molecule has 0 bridgehead atoms. The summed E-state index contributed by atoms with van der Waals surface area (Å²) in [5, 5.41) is 6.02. The van der Waals surface area contributed by atoms with Crippen LogP contribution in [0, 0.1) is 5.92 Å². The summed E-state index contributed by atoms with van der Waals surface area (Å²) in [6.07, 6.45) is 3.62. The van der Waals surface area contributed by atoms with Crippen LogP contribution in [-0.2, 0) is 16.1 Å². The number of hydrogen-bond acceptors (Lipinski definition) is 3. The highest BCUT2D eigenvalue weighted by atomic mass is 16.5. The summed E-state index contributed by atoms with van der Waals surface area (Å²) in [6.45, 7) is 3.48. The number of carbonyl (C=O) groups excluding carboxylic acids is 1. The zero-order chi connectivity index (χ0) is 14.0. The van der Waals surface area contributed by atoms with Gasteiger partial charge in [0.05, 0.1) is 6.54 Å². The molecule has 0 unspecified atom stereocenters. The molecule has 110 valence electrons. The van der Waals surface area contributed by atoms with Crippen LogP contribution in [0.1, 0.15) is 24.8 Å². The van der Waals surface area contributed by atoms with Gasteiger partial charge in [-0.05, 0) is 37.3 Å². The van der Waals surface area contributed by atoms with Crippen molar-refractivity contribution in [3.8, 4) is 0 Å². The van der Waals surface area contributed by atoms with E-state index in [0.717, 1.165) is 37.7 Å². The Morgan fingerprint density at radius 1 is 1.25 bits per heavy atom. The summed E-state index contributed by atoms with van der Waals surface area (Å²) in [7, 11) is 0. The smallest absolute Gasteiger partial charge is 0.234 e. The van der Waals surface area contributed by atoms with Gasteiger partial charge in [-0.1, -0.05) is 30.3 Å². The van der Waals surface area contributed by atoms with Crippen LogP contribution in [0.3, 0.4) is 0 Å². The zero-order valence-corrected chi connectivity index (χ0v) is 11.9. The van der Waals surface area contributed by atoms with Crippen LogP contribution in [0.5, 0.6) is 0 Å². The number of ether oxygens (including phenoxy) is 1. The van der Waals surface area contributed by atoms with Crippen molar-refractivity contribution in [2.24, 2.45) is 5.92 Å². The van der Waals surface area contributed by atoms with E-state index in [-0.39, 0.29) is 5.91 Å². The Balaban J connectivity index is 1.41. The highest BCUT2D eigenvalue weighted by molar-refractivity contribution is 5.77. The summed E-state index contributed by atoms with van der Waals surface area (Å²) in [5.74, 6) is 0.861. The van der Waals surface area contributed by atoms with Crippen molar-refractivity contribution in [3.05, 3.63) is 35.9 Å².